The fraction of sp³-hybridized carbons (Fsp3) is 0.537. The number of hydrogen-bond donors (Lipinski definition) is 1. The Labute approximate surface area is 307 Å². The number of nitrogens with zero attached hydrogens (tertiary/aromatic N) is 4. The first-order chi connectivity index (χ1) is 24.8. The van der Waals surface area contributed by atoms with E-state index in [2.05, 4.69) is 16.8 Å². The largest absolute Gasteiger partial charge is 0.444 e. The van der Waals surface area contributed by atoms with Crippen LogP contribution in [0, 0.1) is 13.8 Å². The number of carbonyl (C=O) groups excluding carboxylic acids is 3. The summed E-state index contributed by atoms with van der Waals surface area (Å²) >= 11 is 0. The van der Waals surface area contributed by atoms with E-state index in [9.17, 15) is 19.2 Å². The molecular formula is C41H55N5O6. The average molecular weight is 714 g/mol. The molecule has 1 aromatic carbocycles. The molecule has 11 heteroatoms. The molecule has 2 saturated heterocycles. The predicted molar refractivity (Wildman–Crippen MR) is 204 cm³/mol. The lowest BCUT2D eigenvalue weighted by Crippen LogP contribution is -2.50. The third kappa shape index (κ3) is 9.28. The number of pyridine rings is 2. The van der Waals surface area contributed by atoms with Crippen molar-refractivity contribution in [1.82, 2.24) is 14.9 Å². The number of carbonyl (C=O) groups is 3. The molecule has 0 atom stereocenters. The Morgan fingerprint density at radius 2 is 1.69 bits per heavy atom. The fourth-order valence-electron chi connectivity index (χ4n) is 7.17. The smallest absolute Gasteiger partial charge is 0.410 e. The minimum atomic E-state index is -0.546. The topological polar surface area (TPSA) is 125 Å². The van der Waals surface area contributed by atoms with Gasteiger partial charge in [-0.3, -0.25) is 14.4 Å². The zero-order valence-electron chi connectivity index (χ0n) is 32.0. The van der Waals surface area contributed by atoms with Gasteiger partial charge in [-0.25, -0.2) is 9.78 Å². The van der Waals surface area contributed by atoms with Crippen LogP contribution in [0.3, 0.4) is 0 Å². The van der Waals surface area contributed by atoms with Crippen LogP contribution in [0.2, 0.25) is 0 Å². The molecule has 0 saturated carbocycles. The van der Waals surface area contributed by atoms with Crippen LogP contribution >= 0.6 is 0 Å². The minimum Gasteiger partial charge on any atom is -0.444 e. The molecule has 0 spiro atoms. The summed E-state index contributed by atoms with van der Waals surface area (Å²) in [5, 5.41) is 0. The van der Waals surface area contributed by atoms with Crippen molar-refractivity contribution in [1.29, 1.82) is 0 Å². The predicted octanol–water partition coefficient (Wildman–Crippen LogP) is 6.80. The number of piperazine rings is 1. The number of aryl methyl sites for hydroxylation is 2. The molecule has 3 aromatic rings. The molecule has 0 unspecified atom stereocenters. The van der Waals surface area contributed by atoms with Gasteiger partial charge in [0.1, 0.15) is 11.4 Å². The first-order valence-electron chi connectivity index (χ1n) is 18.8. The van der Waals surface area contributed by atoms with Gasteiger partial charge in [0.25, 0.3) is 5.56 Å². The average Bonchev–Trinajstić information content (AvgIpc) is 3.12. The maximum atomic E-state index is 14.2. The van der Waals surface area contributed by atoms with Crippen molar-refractivity contribution >= 4 is 29.3 Å². The molecule has 2 amide bonds. The molecule has 0 bridgehead atoms. The van der Waals surface area contributed by atoms with Gasteiger partial charge < -0.3 is 29.2 Å². The number of ether oxygens (including phenoxy) is 2. The number of aromatic amines is 1. The van der Waals surface area contributed by atoms with Crippen molar-refractivity contribution in [3.63, 3.8) is 0 Å². The highest BCUT2D eigenvalue weighted by molar-refractivity contribution is 6.03. The molecule has 2 aliphatic rings. The number of H-pyrrole nitrogens is 1. The lowest BCUT2D eigenvalue weighted by atomic mass is 9.91. The number of rotatable bonds is 11. The lowest BCUT2D eigenvalue weighted by Gasteiger charge is -2.36. The van der Waals surface area contributed by atoms with Gasteiger partial charge in [0.15, 0.2) is 5.78 Å². The Morgan fingerprint density at radius 1 is 0.981 bits per heavy atom. The van der Waals surface area contributed by atoms with Gasteiger partial charge >= 0.3 is 6.09 Å². The molecule has 0 radical (unpaired) electrons. The molecule has 2 aliphatic heterocycles. The van der Waals surface area contributed by atoms with Crippen molar-refractivity contribution in [2.75, 3.05) is 49.2 Å². The zero-order chi connectivity index (χ0) is 37.6. The summed E-state index contributed by atoms with van der Waals surface area (Å²) in [6, 6.07) is 9.84. The monoisotopic (exact) mass is 713 g/mol. The van der Waals surface area contributed by atoms with Gasteiger partial charge in [-0.05, 0) is 107 Å². The van der Waals surface area contributed by atoms with E-state index in [1.807, 2.05) is 83.0 Å². The Hall–Kier alpha value is -4.51. The van der Waals surface area contributed by atoms with Crippen LogP contribution < -0.4 is 15.4 Å². The number of amides is 2. The van der Waals surface area contributed by atoms with E-state index in [4.69, 9.17) is 14.5 Å². The second-order valence-corrected chi connectivity index (χ2v) is 14.9. The van der Waals surface area contributed by atoms with Crippen LogP contribution in [0.4, 0.5) is 16.3 Å². The molecule has 1 N–H and O–H groups in total. The first-order valence-corrected chi connectivity index (χ1v) is 18.8. The van der Waals surface area contributed by atoms with Crippen molar-refractivity contribution in [3.8, 4) is 11.1 Å². The third-order valence-corrected chi connectivity index (χ3v) is 9.89. The zero-order valence-corrected chi connectivity index (χ0v) is 32.0. The number of anilines is 2. The molecule has 0 aliphatic carbocycles. The van der Waals surface area contributed by atoms with Gasteiger partial charge in [-0.15, -0.1) is 0 Å². The van der Waals surface area contributed by atoms with Crippen LogP contribution in [-0.4, -0.2) is 83.7 Å². The molecule has 11 nitrogen and oxygen atoms in total. The second kappa shape index (κ2) is 16.9. The molecule has 52 heavy (non-hydrogen) atoms. The summed E-state index contributed by atoms with van der Waals surface area (Å²) in [4.78, 5) is 66.9. The molecule has 2 fully saturated rings. The Balaban J connectivity index is 1.46. The number of ketones is 1. The molecule has 280 valence electrons. The quantitative estimate of drug-likeness (QED) is 0.215. The van der Waals surface area contributed by atoms with Crippen LogP contribution in [0.1, 0.15) is 99.5 Å². The Kier molecular flexibility index (Phi) is 12.6. The van der Waals surface area contributed by atoms with E-state index in [1.54, 1.807) is 4.90 Å². The standard InChI is InChI=1S/C41H55N5O6/c1-8-10-29-23-27(3)43-39(49)33(29)12-13-36(47)34-24-31(25-35(28(34)4)46(38(48)9-2)32-15-21-51-22-16-32)30-11-14-37(42-26-30)44-17-19-45(20-18-44)40(50)52-41(5,6)7/h11,14,23-26,32H,8-10,12-13,15-22H2,1-7H3,(H,43,49). The van der Waals surface area contributed by atoms with Gasteiger partial charge in [0, 0.05) is 92.5 Å². The van der Waals surface area contributed by atoms with Gasteiger partial charge in [0.05, 0.1) is 0 Å². The summed E-state index contributed by atoms with van der Waals surface area (Å²) in [5.41, 5.74) is 5.40. The fourth-order valence-corrected chi connectivity index (χ4v) is 7.17. The Morgan fingerprint density at radius 3 is 2.31 bits per heavy atom. The molecule has 2 aromatic heterocycles. The summed E-state index contributed by atoms with van der Waals surface area (Å²) in [6.07, 6.45) is 5.43. The van der Waals surface area contributed by atoms with Crippen LogP contribution in [0.15, 0.2) is 41.3 Å². The van der Waals surface area contributed by atoms with Crippen LogP contribution in [-0.2, 0) is 27.1 Å². The van der Waals surface area contributed by atoms with Gasteiger partial charge in [0.2, 0.25) is 5.91 Å². The normalized spacial score (nSPS) is 15.4. The van der Waals surface area contributed by atoms with Crippen molar-refractivity contribution in [2.24, 2.45) is 0 Å². The number of benzene rings is 1. The van der Waals surface area contributed by atoms with E-state index in [-0.39, 0.29) is 35.8 Å². The van der Waals surface area contributed by atoms with Crippen molar-refractivity contribution < 1.29 is 23.9 Å². The SMILES string of the molecule is CCCc1cc(C)[nH]c(=O)c1CCC(=O)c1cc(-c2ccc(N3CCN(C(=O)OC(C)(C)C)CC3)nc2)cc(N(C(=O)CC)C2CCOCC2)c1C. The highest BCUT2D eigenvalue weighted by atomic mass is 16.6. The summed E-state index contributed by atoms with van der Waals surface area (Å²) < 4.78 is 11.2. The summed E-state index contributed by atoms with van der Waals surface area (Å²) in [6.45, 7) is 16.8. The number of hydrogen-bond acceptors (Lipinski definition) is 8. The number of nitrogens with one attached hydrogen (secondary N) is 1. The molecule has 4 heterocycles. The van der Waals surface area contributed by atoms with E-state index in [1.165, 1.54) is 0 Å². The molecular weight excluding hydrogens is 658 g/mol. The van der Waals surface area contributed by atoms with E-state index in [0.717, 1.165) is 52.3 Å². The van der Waals surface area contributed by atoms with Crippen LogP contribution in [0.25, 0.3) is 11.1 Å². The highest BCUT2D eigenvalue weighted by Gasteiger charge is 2.30. The van der Waals surface area contributed by atoms with E-state index >= 15 is 0 Å². The first kappa shape index (κ1) is 38.7. The number of Topliss-reactive ketones (excluding diaryl/α,β-unsaturated/α-hetero) is 1. The highest BCUT2D eigenvalue weighted by Crippen LogP contribution is 2.35. The third-order valence-electron chi connectivity index (χ3n) is 9.89. The maximum absolute atomic E-state index is 14.2. The van der Waals surface area contributed by atoms with E-state index < -0.39 is 5.60 Å². The van der Waals surface area contributed by atoms with Crippen molar-refractivity contribution in [3.05, 3.63) is 74.8 Å². The van der Waals surface area contributed by atoms with Gasteiger partial charge in [-0.1, -0.05) is 20.3 Å². The lowest BCUT2D eigenvalue weighted by molar-refractivity contribution is -0.119. The summed E-state index contributed by atoms with van der Waals surface area (Å²) in [5.74, 6) is 0.721. The molecule has 5 rings (SSSR count). The summed E-state index contributed by atoms with van der Waals surface area (Å²) in [7, 11) is 0. The van der Waals surface area contributed by atoms with Gasteiger partial charge in [-0.2, -0.15) is 0 Å². The number of aromatic nitrogens is 2. The van der Waals surface area contributed by atoms with E-state index in [0.29, 0.717) is 76.2 Å². The minimum absolute atomic E-state index is 0.0000531. The second-order valence-electron chi connectivity index (χ2n) is 14.9. The Bertz CT molecular complexity index is 1800. The maximum Gasteiger partial charge on any atom is 0.410 e. The van der Waals surface area contributed by atoms with Crippen molar-refractivity contribution in [2.45, 2.75) is 105 Å². The van der Waals surface area contributed by atoms with Crippen LogP contribution in [0.5, 0.6) is 0 Å².